The van der Waals surface area contributed by atoms with Gasteiger partial charge in [-0.2, -0.15) is 0 Å². The average molecular weight is 1190 g/mol. The molecular weight excluding hydrogens is 1130 g/mol. The zero-order valence-corrected chi connectivity index (χ0v) is 46.3. The Morgan fingerprint density at radius 1 is 0.317 bits per heavy atom. The normalized spacial score (nSPS) is 18.6. The molecule has 4 aliphatic carbocycles. The van der Waals surface area contributed by atoms with E-state index in [0.717, 1.165) is 0 Å². The summed E-state index contributed by atoms with van der Waals surface area (Å²) < 4.78 is 2.81. The molecule has 4 unspecified atom stereocenters. The van der Waals surface area contributed by atoms with Crippen LogP contribution in [-0.2, 0) is 40.1 Å². The summed E-state index contributed by atoms with van der Waals surface area (Å²) in [5.74, 6) is 0. The SMILES string of the molecule is CC1=Cc2ccccc2[CH]1[Hf]([CH]1C(C)=Cc2ccccc21)=[Si](C)c1ccccc1.CC1=Cc2ccccc2[CH]1[Hf]([CH]1C(C)=Cc2ccccc21)=[Si](C)c1ccccc1.Cl.Cl. The molecule has 0 N–H and O–H groups in total. The number of hydrogen-bond donors (Lipinski definition) is 0. The summed E-state index contributed by atoms with van der Waals surface area (Å²) in [4.78, 5) is 0. The molecule has 4 atom stereocenters. The molecule has 6 heteroatoms. The number of rotatable bonds is 6. The third-order valence-corrected chi connectivity index (χ3v) is 71.5. The van der Waals surface area contributed by atoms with Crippen LogP contribution in [0.1, 0.15) is 86.9 Å². The van der Waals surface area contributed by atoms with Crippen LogP contribution >= 0.6 is 24.8 Å². The predicted octanol–water partition coefficient (Wildman–Crippen LogP) is 13.7. The van der Waals surface area contributed by atoms with E-state index in [1.54, 1.807) is 54.9 Å². The standard InChI is InChI=1S/4C10H9.2C7H8Si.2ClH.2Hf/c4*1-8-6-9-4-2-3-5-10(9)7-8;2*1-8-7-5-3-2-4-6-7;;;;/h4*2-7H,1H3;2*2-6H,1H3;2*1H;;. The van der Waals surface area contributed by atoms with Crippen molar-refractivity contribution in [3.8, 4) is 0 Å². The molecule has 0 fully saturated rings. The third-order valence-electron chi connectivity index (χ3n) is 13.1. The van der Waals surface area contributed by atoms with E-state index in [0.29, 0.717) is 14.7 Å². The summed E-state index contributed by atoms with van der Waals surface area (Å²) in [6, 6.07) is 59.6. The Kier molecular flexibility index (Phi) is 14.7. The van der Waals surface area contributed by atoms with Gasteiger partial charge in [-0.25, -0.2) is 0 Å². The van der Waals surface area contributed by atoms with Gasteiger partial charge >= 0.3 is 366 Å². The molecule has 6 aromatic rings. The number of fused-ring (bicyclic) bond motifs is 4. The second-order valence-electron chi connectivity index (χ2n) is 16.7. The predicted molar refractivity (Wildman–Crippen MR) is 261 cm³/mol. The van der Waals surface area contributed by atoms with E-state index >= 15 is 0 Å². The van der Waals surface area contributed by atoms with E-state index < -0.39 is 51.1 Å². The summed E-state index contributed by atoms with van der Waals surface area (Å²) in [7, 11) is 0. The molecule has 0 spiro atoms. The van der Waals surface area contributed by atoms with Crippen molar-refractivity contribution < 1.29 is 40.1 Å². The minimum Gasteiger partial charge on any atom is -0.147 e. The van der Waals surface area contributed by atoms with Crippen LogP contribution in [0.25, 0.3) is 24.3 Å². The van der Waals surface area contributed by atoms with Crippen molar-refractivity contribution in [2.24, 2.45) is 0 Å². The molecular formula is C54H54Cl2Hf2Si2. The van der Waals surface area contributed by atoms with E-state index in [1.165, 1.54) is 22.3 Å². The van der Waals surface area contributed by atoms with Crippen LogP contribution in [0.5, 0.6) is 0 Å². The molecule has 10 rings (SSSR count). The van der Waals surface area contributed by atoms with Crippen LogP contribution < -0.4 is 10.4 Å². The number of hydrogen-bond acceptors (Lipinski definition) is 0. The molecule has 60 heavy (non-hydrogen) atoms. The Balaban J connectivity index is 0.000000176. The first-order valence-electron chi connectivity index (χ1n) is 20.9. The Hall–Kier alpha value is -2.97. The van der Waals surface area contributed by atoms with Crippen LogP contribution in [-0.4, -0.2) is 11.0 Å². The summed E-state index contributed by atoms with van der Waals surface area (Å²) in [5, 5.41) is 3.27. The van der Waals surface area contributed by atoms with Crippen molar-refractivity contribution >= 4 is 70.5 Å². The minimum absolute atomic E-state index is 0. The average Bonchev–Trinajstić information content (AvgIpc) is 3.98. The van der Waals surface area contributed by atoms with Gasteiger partial charge in [0.15, 0.2) is 0 Å². The van der Waals surface area contributed by atoms with Gasteiger partial charge in [-0.1, -0.05) is 0 Å². The van der Waals surface area contributed by atoms with Gasteiger partial charge in [-0.15, -0.1) is 24.8 Å². The molecule has 4 aliphatic rings. The molecule has 0 heterocycles. The van der Waals surface area contributed by atoms with Crippen LogP contribution in [0, 0.1) is 0 Å². The smallest absolute Gasteiger partial charge is 0.147 e. The van der Waals surface area contributed by atoms with Crippen molar-refractivity contribution in [2.45, 2.75) is 55.5 Å². The molecule has 0 bridgehead atoms. The maximum Gasteiger partial charge on any atom is -0.147 e. The maximum absolute atomic E-state index is 2.63. The van der Waals surface area contributed by atoms with Crippen LogP contribution in [0.4, 0.5) is 0 Å². The van der Waals surface area contributed by atoms with E-state index in [1.807, 2.05) is 0 Å². The molecule has 300 valence electrons. The molecule has 0 radical (unpaired) electrons. The largest absolute Gasteiger partial charge is 0.147 e. The molecule has 0 amide bonds. The van der Waals surface area contributed by atoms with Gasteiger partial charge in [-0.3, -0.25) is 0 Å². The Bertz CT molecular complexity index is 2430. The Morgan fingerprint density at radius 3 is 0.783 bits per heavy atom. The number of allylic oxidation sites excluding steroid dienone is 4. The van der Waals surface area contributed by atoms with Crippen molar-refractivity contribution in [1.29, 1.82) is 0 Å². The van der Waals surface area contributed by atoms with Crippen LogP contribution in [0.15, 0.2) is 180 Å². The zero-order valence-electron chi connectivity index (χ0n) is 35.4. The molecule has 0 saturated heterocycles. The van der Waals surface area contributed by atoms with Gasteiger partial charge in [0.05, 0.1) is 0 Å². The van der Waals surface area contributed by atoms with Gasteiger partial charge in [0.2, 0.25) is 0 Å². The molecule has 0 saturated carbocycles. The first kappa shape index (κ1) is 45.1. The maximum atomic E-state index is 2.63. The minimum atomic E-state index is -2.28. The first-order chi connectivity index (χ1) is 28.3. The van der Waals surface area contributed by atoms with Gasteiger partial charge in [0.1, 0.15) is 0 Å². The van der Waals surface area contributed by atoms with Crippen LogP contribution in [0.2, 0.25) is 13.1 Å². The monoisotopic (exact) mass is 1190 g/mol. The fourth-order valence-electron chi connectivity index (χ4n) is 10.5. The second-order valence-corrected chi connectivity index (χ2v) is 60.8. The second kappa shape index (κ2) is 19.6. The van der Waals surface area contributed by atoms with Crippen molar-refractivity contribution in [3.05, 3.63) is 225 Å². The van der Waals surface area contributed by atoms with E-state index in [9.17, 15) is 0 Å². The summed E-state index contributed by atoms with van der Waals surface area (Å²) in [5.41, 5.74) is 17.6. The van der Waals surface area contributed by atoms with Crippen molar-refractivity contribution in [1.82, 2.24) is 0 Å². The first-order valence-corrected chi connectivity index (χ1v) is 44.0. The quantitative estimate of drug-likeness (QED) is 0.146. The van der Waals surface area contributed by atoms with Crippen molar-refractivity contribution in [3.63, 3.8) is 0 Å². The molecule has 0 nitrogen and oxygen atoms in total. The fourth-order valence-corrected chi connectivity index (χ4v) is 75.5. The van der Waals surface area contributed by atoms with Gasteiger partial charge in [-0.05, 0) is 0 Å². The Labute approximate surface area is 386 Å². The Morgan fingerprint density at radius 2 is 0.533 bits per heavy atom. The molecule has 0 aromatic heterocycles. The molecule has 6 aromatic carbocycles. The van der Waals surface area contributed by atoms with Crippen molar-refractivity contribution in [2.75, 3.05) is 0 Å². The van der Waals surface area contributed by atoms with Gasteiger partial charge in [0.25, 0.3) is 0 Å². The van der Waals surface area contributed by atoms with E-state index in [-0.39, 0.29) is 24.8 Å². The number of benzene rings is 6. The zero-order chi connectivity index (χ0) is 39.9. The topological polar surface area (TPSA) is 0 Å². The molecule has 0 aliphatic heterocycles. The third kappa shape index (κ3) is 8.56. The number of halogens is 2. The van der Waals surface area contributed by atoms with Crippen LogP contribution in [0.3, 0.4) is 0 Å². The summed E-state index contributed by atoms with van der Waals surface area (Å²) in [6.45, 7) is 14.9. The van der Waals surface area contributed by atoms with E-state index in [4.69, 9.17) is 0 Å². The summed E-state index contributed by atoms with van der Waals surface area (Å²) in [6.07, 6.45) is 9.91. The van der Waals surface area contributed by atoms with Gasteiger partial charge in [0, 0.05) is 0 Å². The fraction of sp³-hybridized carbons (Fsp3) is 0.185. The van der Waals surface area contributed by atoms with E-state index in [2.05, 4.69) is 223 Å². The summed E-state index contributed by atoms with van der Waals surface area (Å²) >= 11 is -4.56. The van der Waals surface area contributed by atoms with Gasteiger partial charge < -0.3 is 0 Å².